The average molecular weight is 147 g/mol. The smallest absolute Gasteiger partial charge is 0.0995 e. The van der Waals surface area contributed by atoms with E-state index in [0.717, 1.165) is 6.42 Å². The second-order valence-electron chi connectivity index (χ2n) is 2.93. The molecule has 2 rings (SSSR count). The Labute approximate surface area is 65.2 Å². The molecule has 0 bridgehead atoms. The quantitative estimate of drug-likeness (QED) is 0.590. The molecule has 2 atom stereocenters. The van der Waals surface area contributed by atoms with Gasteiger partial charge in [0.1, 0.15) is 0 Å². The van der Waals surface area contributed by atoms with Crippen LogP contribution in [-0.2, 0) is 0 Å². The van der Waals surface area contributed by atoms with E-state index in [-0.39, 0.29) is 6.04 Å². The summed E-state index contributed by atoms with van der Waals surface area (Å²) >= 11 is 0. The van der Waals surface area contributed by atoms with E-state index in [0.29, 0.717) is 5.92 Å². The number of nitroso groups, excluding NO2 is 1. The molecule has 0 aliphatic heterocycles. The second-order valence-corrected chi connectivity index (χ2v) is 2.93. The minimum Gasteiger partial charge on any atom is -0.150 e. The van der Waals surface area contributed by atoms with Crippen molar-refractivity contribution in [3.63, 3.8) is 0 Å². The van der Waals surface area contributed by atoms with Crippen molar-refractivity contribution in [2.75, 3.05) is 0 Å². The Kier molecular flexibility index (Phi) is 1.46. The number of hydrogen-bond acceptors (Lipinski definition) is 2. The SMILES string of the molecule is O=NC1CC1c1ccccc1. The highest BCUT2D eigenvalue weighted by molar-refractivity contribution is 5.27. The lowest BCUT2D eigenvalue weighted by Gasteiger charge is -1.93. The lowest BCUT2D eigenvalue weighted by atomic mass is 10.1. The van der Waals surface area contributed by atoms with Crippen LogP contribution in [0.1, 0.15) is 17.9 Å². The number of hydrogen-bond donors (Lipinski definition) is 0. The molecule has 1 aliphatic carbocycles. The molecule has 0 N–H and O–H groups in total. The molecule has 1 aromatic rings. The summed E-state index contributed by atoms with van der Waals surface area (Å²) < 4.78 is 0. The maximum Gasteiger partial charge on any atom is 0.0995 e. The van der Waals surface area contributed by atoms with Gasteiger partial charge in [0.05, 0.1) is 6.04 Å². The Balaban J connectivity index is 2.14. The van der Waals surface area contributed by atoms with E-state index in [1.807, 2.05) is 18.2 Å². The van der Waals surface area contributed by atoms with Gasteiger partial charge in [-0.3, -0.25) is 0 Å². The Morgan fingerprint density at radius 3 is 2.55 bits per heavy atom. The first-order valence-corrected chi connectivity index (χ1v) is 3.79. The van der Waals surface area contributed by atoms with E-state index >= 15 is 0 Å². The van der Waals surface area contributed by atoms with Crippen LogP contribution in [0.4, 0.5) is 0 Å². The van der Waals surface area contributed by atoms with Crippen LogP contribution in [0, 0.1) is 4.91 Å². The fourth-order valence-corrected chi connectivity index (χ4v) is 1.36. The van der Waals surface area contributed by atoms with E-state index in [1.165, 1.54) is 5.56 Å². The van der Waals surface area contributed by atoms with Crippen molar-refractivity contribution in [2.24, 2.45) is 5.18 Å². The molecule has 56 valence electrons. The van der Waals surface area contributed by atoms with Gasteiger partial charge in [0, 0.05) is 5.92 Å². The largest absolute Gasteiger partial charge is 0.150 e. The summed E-state index contributed by atoms with van der Waals surface area (Å²) in [4.78, 5) is 10.1. The van der Waals surface area contributed by atoms with Gasteiger partial charge in [-0.1, -0.05) is 35.5 Å². The zero-order valence-electron chi connectivity index (χ0n) is 6.10. The fraction of sp³-hybridized carbons (Fsp3) is 0.333. The highest BCUT2D eigenvalue weighted by atomic mass is 16.3. The first-order chi connectivity index (χ1) is 5.42. The maximum atomic E-state index is 10.1. The highest BCUT2D eigenvalue weighted by Gasteiger charge is 2.39. The van der Waals surface area contributed by atoms with E-state index in [1.54, 1.807) is 0 Å². The van der Waals surface area contributed by atoms with E-state index in [9.17, 15) is 4.91 Å². The van der Waals surface area contributed by atoms with Crippen molar-refractivity contribution in [3.05, 3.63) is 40.8 Å². The molecule has 2 nitrogen and oxygen atoms in total. The van der Waals surface area contributed by atoms with Gasteiger partial charge < -0.3 is 0 Å². The Morgan fingerprint density at radius 2 is 2.00 bits per heavy atom. The Bertz CT molecular complexity index is 258. The number of nitrogens with zero attached hydrogens (tertiary/aromatic N) is 1. The lowest BCUT2D eigenvalue weighted by molar-refractivity contribution is 0.980. The molecule has 0 aromatic heterocycles. The van der Waals surface area contributed by atoms with Gasteiger partial charge in [-0.05, 0) is 12.0 Å². The van der Waals surface area contributed by atoms with Crippen LogP contribution in [0.5, 0.6) is 0 Å². The second kappa shape index (κ2) is 2.46. The van der Waals surface area contributed by atoms with Crippen LogP contribution in [0.15, 0.2) is 35.5 Å². The topological polar surface area (TPSA) is 29.4 Å². The fourth-order valence-electron chi connectivity index (χ4n) is 1.36. The van der Waals surface area contributed by atoms with Gasteiger partial charge in [-0.15, -0.1) is 0 Å². The van der Waals surface area contributed by atoms with Crippen molar-refractivity contribution in [3.8, 4) is 0 Å². The predicted molar refractivity (Wildman–Crippen MR) is 43.4 cm³/mol. The number of rotatable bonds is 2. The van der Waals surface area contributed by atoms with Gasteiger partial charge in [0.15, 0.2) is 0 Å². The minimum atomic E-state index is 0.0531. The summed E-state index contributed by atoms with van der Waals surface area (Å²) in [5.74, 6) is 0.411. The average Bonchev–Trinajstić information content (AvgIpc) is 2.85. The zero-order valence-corrected chi connectivity index (χ0v) is 6.10. The van der Waals surface area contributed by atoms with Gasteiger partial charge >= 0.3 is 0 Å². The molecule has 1 saturated carbocycles. The van der Waals surface area contributed by atoms with Crippen LogP contribution < -0.4 is 0 Å². The molecule has 0 amide bonds. The van der Waals surface area contributed by atoms with Gasteiger partial charge in [0.25, 0.3) is 0 Å². The van der Waals surface area contributed by atoms with Crippen LogP contribution in [0.25, 0.3) is 0 Å². The first-order valence-electron chi connectivity index (χ1n) is 3.79. The predicted octanol–water partition coefficient (Wildman–Crippen LogP) is 2.31. The van der Waals surface area contributed by atoms with Crippen molar-refractivity contribution >= 4 is 0 Å². The van der Waals surface area contributed by atoms with E-state index in [4.69, 9.17) is 0 Å². The Morgan fingerprint density at radius 1 is 1.27 bits per heavy atom. The lowest BCUT2D eigenvalue weighted by Crippen LogP contribution is -1.81. The molecular weight excluding hydrogens is 138 g/mol. The molecule has 2 heteroatoms. The third-order valence-electron chi connectivity index (χ3n) is 2.12. The highest BCUT2D eigenvalue weighted by Crippen LogP contribution is 2.42. The van der Waals surface area contributed by atoms with Gasteiger partial charge in [0.2, 0.25) is 0 Å². The zero-order chi connectivity index (χ0) is 7.68. The van der Waals surface area contributed by atoms with Crippen molar-refractivity contribution in [1.29, 1.82) is 0 Å². The molecule has 11 heavy (non-hydrogen) atoms. The van der Waals surface area contributed by atoms with Crippen molar-refractivity contribution < 1.29 is 0 Å². The molecule has 2 unspecified atom stereocenters. The van der Waals surface area contributed by atoms with Crippen LogP contribution in [-0.4, -0.2) is 6.04 Å². The molecule has 1 aromatic carbocycles. The van der Waals surface area contributed by atoms with E-state index in [2.05, 4.69) is 17.3 Å². The molecule has 0 saturated heterocycles. The van der Waals surface area contributed by atoms with Crippen LogP contribution in [0.3, 0.4) is 0 Å². The molecule has 1 aliphatic rings. The summed E-state index contributed by atoms with van der Waals surface area (Å²) in [6, 6.07) is 10.1. The molecule has 0 heterocycles. The van der Waals surface area contributed by atoms with Gasteiger partial charge in [-0.25, -0.2) is 0 Å². The summed E-state index contributed by atoms with van der Waals surface area (Å²) in [6.07, 6.45) is 0.938. The Hall–Kier alpha value is -1.18. The van der Waals surface area contributed by atoms with Gasteiger partial charge in [-0.2, -0.15) is 4.91 Å². The third kappa shape index (κ3) is 1.16. The van der Waals surface area contributed by atoms with Crippen LogP contribution in [0.2, 0.25) is 0 Å². The molecule has 0 radical (unpaired) electrons. The molecule has 0 spiro atoms. The normalized spacial score (nSPS) is 28.0. The summed E-state index contributed by atoms with van der Waals surface area (Å²) in [7, 11) is 0. The standard InChI is InChI=1S/C9H9NO/c11-10-9-6-8(9)7-4-2-1-3-5-7/h1-5,8-9H,6H2. The monoisotopic (exact) mass is 147 g/mol. The van der Waals surface area contributed by atoms with Crippen molar-refractivity contribution in [1.82, 2.24) is 0 Å². The maximum absolute atomic E-state index is 10.1. The first kappa shape index (κ1) is 6.53. The summed E-state index contributed by atoms with van der Waals surface area (Å²) in [5, 5.41) is 3.01. The van der Waals surface area contributed by atoms with Crippen LogP contribution >= 0.6 is 0 Å². The summed E-state index contributed by atoms with van der Waals surface area (Å²) in [6.45, 7) is 0. The molecular formula is C9H9NO. The number of benzene rings is 1. The minimum absolute atomic E-state index is 0.0531. The summed E-state index contributed by atoms with van der Waals surface area (Å²) in [5.41, 5.74) is 1.25. The third-order valence-corrected chi connectivity index (χ3v) is 2.12. The van der Waals surface area contributed by atoms with Crippen molar-refractivity contribution in [2.45, 2.75) is 18.4 Å². The van der Waals surface area contributed by atoms with E-state index < -0.39 is 0 Å². The molecule has 1 fully saturated rings.